The molecule has 0 aromatic carbocycles. The Kier molecular flexibility index (Phi) is 33.0. The summed E-state index contributed by atoms with van der Waals surface area (Å²) in [6, 6.07) is -0.0681. The minimum atomic E-state index is -0.873. The highest BCUT2D eigenvalue weighted by molar-refractivity contribution is 5.70. The van der Waals surface area contributed by atoms with Crippen molar-refractivity contribution in [2.45, 2.75) is 206 Å². The highest BCUT2D eigenvalue weighted by Gasteiger charge is 2.29. The van der Waals surface area contributed by atoms with Gasteiger partial charge in [-0.15, -0.1) is 0 Å². The number of carbonyl (C=O) groups is 3. The van der Waals surface area contributed by atoms with E-state index in [2.05, 4.69) is 31.3 Å². The first-order valence-corrected chi connectivity index (χ1v) is 21.7. The van der Waals surface area contributed by atoms with E-state index in [0.29, 0.717) is 32.5 Å². The number of likely N-dealkylation sites (tertiary alicyclic amines) is 1. The highest BCUT2D eigenvalue weighted by Crippen LogP contribution is 2.14. The maximum atomic E-state index is 12.6. The third kappa shape index (κ3) is 30.3. The van der Waals surface area contributed by atoms with E-state index in [4.69, 9.17) is 19.3 Å². The molecule has 9 nitrogen and oxygen atoms in total. The largest absolute Gasteiger partial charge is 0.462 e. The van der Waals surface area contributed by atoms with E-state index in [0.717, 1.165) is 51.4 Å². The van der Waals surface area contributed by atoms with Crippen LogP contribution >= 0.6 is 0 Å². The Bertz CT molecular complexity index is 878. The Labute approximate surface area is 318 Å². The number of nitrogens with zero attached hydrogens (tertiary/aromatic N) is 1. The molecule has 2 N–H and O–H groups in total. The average Bonchev–Trinajstić information content (AvgIpc) is 3.12. The zero-order valence-corrected chi connectivity index (χ0v) is 33.7. The molecular formula is C43H80N2O7. The lowest BCUT2D eigenvalue weighted by Gasteiger charge is -2.38. The monoisotopic (exact) mass is 737 g/mol. The van der Waals surface area contributed by atoms with E-state index >= 15 is 0 Å². The summed E-state index contributed by atoms with van der Waals surface area (Å²) < 4.78 is 16.4. The van der Waals surface area contributed by atoms with Crippen LogP contribution in [0, 0.1) is 0 Å². The molecule has 304 valence electrons. The summed E-state index contributed by atoms with van der Waals surface area (Å²) in [5.41, 5.74) is 0. The number of amides is 1. The average molecular weight is 737 g/mol. The number of unbranched alkanes of at least 4 members (excludes halogenated alkanes) is 23. The molecule has 1 unspecified atom stereocenters. The molecule has 0 spiro atoms. The molecule has 0 bridgehead atoms. The zero-order chi connectivity index (χ0) is 37.7. The van der Waals surface area contributed by atoms with Crippen molar-refractivity contribution in [3.05, 3.63) is 12.2 Å². The van der Waals surface area contributed by atoms with Crippen LogP contribution < -0.4 is 5.32 Å². The summed E-state index contributed by atoms with van der Waals surface area (Å²) in [7, 11) is 0. The number of hydrogen-bond acceptors (Lipinski definition) is 8. The maximum Gasteiger partial charge on any atom is 0.407 e. The number of esters is 2. The van der Waals surface area contributed by atoms with Gasteiger partial charge in [0, 0.05) is 32.5 Å². The van der Waals surface area contributed by atoms with Gasteiger partial charge in [0.15, 0.2) is 6.10 Å². The third-order valence-electron chi connectivity index (χ3n) is 9.96. The van der Waals surface area contributed by atoms with Gasteiger partial charge in [-0.05, 0) is 38.5 Å². The molecule has 0 radical (unpaired) electrons. The van der Waals surface area contributed by atoms with Crippen LogP contribution in [-0.4, -0.2) is 79.6 Å². The second kappa shape index (κ2) is 35.9. The van der Waals surface area contributed by atoms with Crippen LogP contribution in [0.5, 0.6) is 0 Å². The molecule has 0 aromatic heterocycles. The number of carbonyl (C=O) groups excluding carboxylic acids is 3. The van der Waals surface area contributed by atoms with E-state index in [1.807, 2.05) is 4.90 Å². The number of β-amino-alcohol motifs (C(OH)–C–C–N with tert-alkyl or cyclic N) is 1. The Balaban J connectivity index is 2.22. The lowest BCUT2D eigenvalue weighted by molar-refractivity contribution is -0.152. The molecule has 0 saturated carbocycles. The molecular weight excluding hydrogens is 656 g/mol. The van der Waals surface area contributed by atoms with Gasteiger partial charge in [-0.3, -0.25) is 14.5 Å². The predicted octanol–water partition coefficient (Wildman–Crippen LogP) is 10.4. The van der Waals surface area contributed by atoms with Crippen molar-refractivity contribution in [2.24, 2.45) is 0 Å². The number of nitrogens with one attached hydrogen (secondary N) is 1. The second-order valence-electron chi connectivity index (χ2n) is 15.0. The van der Waals surface area contributed by atoms with E-state index < -0.39 is 12.2 Å². The fourth-order valence-electron chi connectivity index (χ4n) is 6.60. The first-order valence-electron chi connectivity index (χ1n) is 21.7. The van der Waals surface area contributed by atoms with Crippen molar-refractivity contribution in [3.63, 3.8) is 0 Å². The number of hydrogen-bond donors (Lipinski definition) is 2. The molecule has 1 fully saturated rings. The number of alkyl carbamates (subject to hydrolysis) is 1. The van der Waals surface area contributed by atoms with Crippen LogP contribution in [0.15, 0.2) is 12.2 Å². The van der Waals surface area contributed by atoms with Crippen LogP contribution in [0.3, 0.4) is 0 Å². The number of ether oxygens (including phenoxy) is 3. The summed E-state index contributed by atoms with van der Waals surface area (Å²) in [6.45, 7) is 6.13. The topological polar surface area (TPSA) is 114 Å². The Morgan fingerprint density at radius 1 is 0.615 bits per heavy atom. The van der Waals surface area contributed by atoms with E-state index in [9.17, 15) is 14.4 Å². The quantitative estimate of drug-likeness (QED) is 0.0280. The second-order valence-corrected chi connectivity index (χ2v) is 15.0. The maximum absolute atomic E-state index is 12.6. The first-order chi connectivity index (χ1) is 25.5. The van der Waals surface area contributed by atoms with Crippen LogP contribution in [0.1, 0.15) is 194 Å². The number of allylic oxidation sites excluding steroid dienone is 2. The van der Waals surface area contributed by atoms with Gasteiger partial charge in [-0.25, -0.2) is 4.79 Å². The number of aliphatic hydroxyl groups excluding tert-OH is 1. The standard InChI is InChI=1S/C43H80N2O7/c1-3-5-7-9-11-13-15-17-18-20-22-24-26-28-30-32-42(48)51-38-40(52-43(49)44-39-35-45(36-39)33-34-46)37-50-41(47)31-29-27-25-23-21-19-16-14-12-10-8-6-4-2/h17-18,39-40,46H,3-16,19-38H2,1-2H3,(H,44,49)/b18-17-. The normalized spacial score (nSPS) is 14.0. The fraction of sp³-hybridized carbons (Fsp3) is 0.884. The van der Waals surface area contributed by atoms with Crippen molar-refractivity contribution in [1.82, 2.24) is 10.2 Å². The minimum absolute atomic E-state index is 0.0681. The van der Waals surface area contributed by atoms with Gasteiger partial charge in [0.05, 0.1) is 12.6 Å². The van der Waals surface area contributed by atoms with Gasteiger partial charge in [-0.1, -0.05) is 154 Å². The van der Waals surface area contributed by atoms with Crippen molar-refractivity contribution >= 4 is 18.0 Å². The van der Waals surface area contributed by atoms with Gasteiger partial charge in [0.2, 0.25) is 0 Å². The lowest BCUT2D eigenvalue weighted by Crippen LogP contribution is -2.60. The predicted molar refractivity (Wildman–Crippen MR) is 212 cm³/mol. The zero-order valence-electron chi connectivity index (χ0n) is 33.7. The molecule has 0 aliphatic carbocycles. The molecule has 1 aliphatic heterocycles. The summed E-state index contributed by atoms with van der Waals surface area (Å²) in [5.74, 6) is -0.654. The fourth-order valence-corrected chi connectivity index (χ4v) is 6.60. The van der Waals surface area contributed by atoms with Crippen molar-refractivity contribution < 1.29 is 33.7 Å². The Hall–Kier alpha value is -2.13. The SMILES string of the molecule is CCCCCCCC/C=C\CCCCCCCC(=O)OCC(COC(=O)CCCCCCCCCCCCCCC)OC(=O)NC1CN(CCO)C1. The molecule has 1 heterocycles. The molecule has 1 rings (SSSR count). The van der Waals surface area contributed by atoms with E-state index in [1.54, 1.807) is 0 Å². The van der Waals surface area contributed by atoms with E-state index in [-0.39, 0.29) is 37.8 Å². The summed E-state index contributed by atoms with van der Waals surface area (Å²) in [4.78, 5) is 39.5. The summed E-state index contributed by atoms with van der Waals surface area (Å²) in [5, 5.41) is 11.9. The van der Waals surface area contributed by atoms with Crippen LogP contribution in [0.25, 0.3) is 0 Å². The van der Waals surface area contributed by atoms with Gasteiger partial charge in [0.25, 0.3) is 0 Å². The van der Waals surface area contributed by atoms with Gasteiger partial charge in [0.1, 0.15) is 13.2 Å². The smallest absolute Gasteiger partial charge is 0.407 e. The molecule has 52 heavy (non-hydrogen) atoms. The van der Waals surface area contributed by atoms with Crippen LogP contribution in [-0.2, 0) is 23.8 Å². The Morgan fingerprint density at radius 3 is 1.40 bits per heavy atom. The van der Waals surface area contributed by atoms with Gasteiger partial charge >= 0.3 is 18.0 Å². The van der Waals surface area contributed by atoms with Crippen molar-refractivity contribution in [3.8, 4) is 0 Å². The third-order valence-corrected chi connectivity index (χ3v) is 9.96. The summed E-state index contributed by atoms with van der Waals surface area (Å²) >= 11 is 0. The first kappa shape index (κ1) is 47.9. The summed E-state index contributed by atoms with van der Waals surface area (Å²) in [6.07, 6.45) is 35.4. The number of rotatable bonds is 37. The van der Waals surface area contributed by atoms with Gasteiger partial charge < -0.3 is 24.6 Å². The molecule has 9 heteroatoms. The van der Waals surface area contributed by atoms with Crippen LogP contribution in [0.2, 0.25) is 0 Å². The molecule has 1 amide bonds. The molecule has 1 atom stereocenters. The molecule has 0 aromatic rings. The molecule has 1 aliphatic rings. The Morgan fingerprint density at radius 2 is 1.00 bits per heavy atom. The van der Waals surface area contributed by atoms with Crippen molar-refractivity contribution in [2.75, 3.05) is 39.5 Å². The highest BCUT2D eigenvalue weighted by atomic mass is 16.6. The van der Waals surface area contributed by atoms with Crippen molar-refractivity contribution in [1.29, 1.82) is 0 Å². The number of aliphatic hydroxyl groups is 1. The van der Waals surface area contributed by atoms with Crippen LogP contribution in [0.4, 0.5) is 4.79 Å². The van der Waals surface area contributed by atoms with E-state index in [1.165, 1.54) is 116 Å². The van der Waals surface area contributed by atoms with Gasteiger partial charge in [-0.2, -0.15) is 0 Å². The molecule has 1 saturated heterocycles. The minimum Gasteiger partial charge on any atom is -0.462 e. The lowest BCUT2D eigenvalue weighted by atomic mass is 10.0.